The molecule has 1 saturated heterocycles. The molecule has 2 N–H and O–H groups in total. The zero-order valence-electron chi connectivity index (χ0n) is 10.5. The fourth-order valence-corrected chi connectivity index (χ4v) is 2.44. The van der Waals surface area contributed by atoms with Gasteiger partial charge in [0.05, 0.1) is 11.3 Å². The van der Waals surface area contributed by atoms with E-state index in [-0.39, 0.29) is 11.9 Å². The summed E-state index contributed by atoms with van der Waals surface area (Å²) >= 11 is 0. The summed E-state index contributed by atoms with van der Waals surface area (Å²) < 4.78 is 13.0. The number of hydrogen-bond donors (Lipinski definition) is 2. The van der Waals surface area contributed by atoms with E-state index in [9.17, 15) is 4.39 Å². The molecule has 2 atom stereocenters. The summed E-state index contributed by atoms with van der Waals surface area (Å²) in [5.41, 5.74) is 1.07. The van der Waals surface area contributed by atoms with Crippen LogP contribution in [0.4, 0.5) is 10.1 Å². The third-order valence-corrected chi connectivity index (χ3v) is 3.30. The maximum atomic E-state index is 13.0. The molecule has 1 fully saturated rings. The van der Waals surface area contributed by atoms with E-state index in [2.05, 4.69) is 17.6 Å². The number of halogens is 1. The minimum Gasteiger partial charge on any atom is -0.381 e. The topological polar surface area (TPSA) is 47.8 Å². The van der Waals surface area contributed by atoms with Crippen LogP contribution in [-0.4, -0.2) is 18.6 Å². The van der Waals surface area contributed by atoms with E-state index in [0.717, 1.165) is 13.0 Å². The fraction of sp³-hybridized carbons (Fsp3) is 0.500. The Labute approximate surface area is 107 Å². The first-order valence-corrected chi connectivity index (χ1v) is 6.38. The third-order valence-electron chi connectivity index (χ3n) is 3.30. The van der Waals surface area contributed by atoms with Gasteiger partial charge >= 0.3 is 0 Å². The van der Waals surface area contributed by atoms with Gasteiger partial charge in [-0.05, 0) is 50.9 Å². The average molecular weight is 247 g/mol. The number of nitriles is 1. The predicted octanol–water partition coefficient (Wildman–Crippen LogP) is 2.64. The summed E-state index contributed by atoms with van der Waals surface area (Å²) in [6.07, 6.45) is 3.46. The van der Waals surface area contributed by atoms with Crippen molar-refractivity contribution < 1.29 is 4.39 Å². The lowest BCUT2D eigenvalue weighted by Crippen LogP contribution is -2.29. The Morgan fingerprint density at radius 3 is 3.11 bits per heavy atom. The number of nitrogens with one attached hydrogen (secondary N) is 2. The molecular weight excluding hydrogens is 229 g/mol. The molecule has 0 amide bonds. The van der Waals surface area contributed by atoms with Gasteiger partial charge in [-0.1, -0.05) is 0 Å². The molecule has 0 spiro atoms. The smallest absolute Gasteiger partial charge is 0.124 e. The Kier molecular flexibility index (Phi) is 4.16. The summed E-state index contributed by atoms with van der Waals surface area (Å²) in [6.45, 7) is 3.18. The zero-order valence-corrected chi connectivity index (χ0v) is 10.5. The quantitative estimate of drug-likeness (QED) is 0.860. The molecule has 0 aliphatic carbocycles. The van der Waals surface area contributed by atoms with Crippen LogP contribution in [0.3, 0.4) is 0 Å². The van der Waals surface area contributed by atoms with Gasteiger partial charge in [-0.15, -0.1) is 0 Å². The van der Waals surface area contributed by atoms with Gasteiger partial charge in [-0.3, -0.25) is 0 Å². The number of hydrogen-bond acceptors (Lipinski definition) is 3. The molecule has 96 valence electrons. The van der Waals surface area contributed by atoms with Gasteiger partial charge in [0.2, 0.25) is 0 Å². The monoisotopic (exact) mass is 247 g/mol. The Bertz CT molecular complexity index is 447. The molecule has 0 bridgehead atoms. The molecule has 4 heteroatoms. The van der Waals surface area contributed by atoms with Crippen LogP contribution in [0.2, 0.25) is 0 Å². The van der Waals surface area contributed by atoms with Crippen molar-refractivity contribution in [2.45, 2.75) is 38.3 Å². The van der Waals surface area contributed by atoms with Gasteiger partial charge in [0.1, 0.15) is 11.9 Å². The van der Waals surface area contributed by atoms with Crippen molar-refractivity contribution in [3.8, 4) is 6.07 Å². The molecule has 1 aliphatic heterocycles. The lowest BCUT2D eigenvalue weighted by Gasteiger charge is -2.20. The van der Waals surface area contributed by atoms with Crippen molar-refractivity contribution in [2.75, 3.05) is 11.9 Å². The lowest BCUT2D eigenvalue weighted by molar-refractivity contribution is 0.523. The van der Waals surface area contributed by atoms with Gasteiger partial charge in [0.25, 0.3) is 0 Å². The minimum atomic E-state index is -0.373. The van der Waals surface area contributed by atoms with Crippen LogP contribution in [0.5, 0.6) is 0 Å². The molecule has 1 heterocycles. The summed E-state index contributed by atoms with van der Waals surface area (Å²) in [5, 5.41) is 15.7. The van der Waals surface area contributed by atoms with E-state index in [4.69, 9.17) is 5.26 Å². The first-order valence-electron chi connectivity index (χ1n) is 6.38. The number of rotatable bonds is 4. The van der Waals surface area contributed by atoms with Crippen LogP contribution >= 0.6 is 0 Å². The molecule has 0 saturated carbocycles. The molecule has 2 unspecified atom stereocenters. The predicted molar refractivity (Wildman–Crippen MR) is 69.8 cm³/mol. The van der Waals surface area contributed by atoms with E-state index in [0.29, 0.717) is 17.3 Å². The average Bonchev–Trinajstić information content (AvgIpc) is 2.84. The molecule has 3 nitrogen and oxygen atoms in total. The Balaban J connectivity index is 1.98. The Hall–Kier alpha value is -1.60. The van der Waals surface area contributed by atoms with E-state index in [1.54, 1.807) is 6.07 Å². The van der Waals surface area contributed by atoms with Gasteiger partial charge in [-0.2, -0.15) is 5.26 Å². The van der Waals surface area contributed by atoms with E-state index < -0.39 is 0 Å². The second-order valence-electron chi connectivity index (χ2n) is 4.88. The summed E-state index contributed by atoms with van der Waals surface area (Å²) in [5.74, 6) is -0.373. The number of nitrogens with zero attached hydrogens (tertiary/aromatic N) is 1. The highest BCUT2D eigenvalue weighted by atomic mass is 19.1. The maximum Gasteiger partial charge on any atom is 0.124 e. The molecule has 1 aromatic rings. The van der Waals surface area contributed by atoms with Crippen molar-refractivity contribution in [2.24, 2.45) is 0 Å². The van der Waals surface area contributed by atoms with Gasteiger partial charge in [0, 0.05) is 12.1 Å². The second-order valence-corrected chi connectivity index (χ2v) is 4.88. The normalized spacial score (nSPS) is 20.4. The van der Waals surface area contributed by atoms with Crippen molar-refractivity contribution in [1.29, 1.82) is 5.26 Å². The van der Waals surface area contributed by atoms with Crippen molar-refractivity contribution >= 4 is 5.69 Å². The molecule has 0 radical (unpaired) electrons. The van der Waals surface area contributed by atoms with Crippen molar-refractivity contribution in [3.05, 3.63) is 29.6 Å². The largest absolute Gasteiger partial charge is 0.381 e. The van der Waals surface area contributed by atoms with Gasteiger partial charge < -0.3 is 10.6 Å². The fourth-order valence-electron chi connectivity index (χ4n) is 2.44. The van der Waals surface area contributed by atoms with E-state index in [1.807, 2.05) is 6.07 Å². The molecule has 1 aliphatic rings. The minimum absolute atomic E-state index is 0.262. The molecule has 1 aromatic carbocycles. The van der Waals surface area contributed by atoms with Crippen LogP contribution in [-0.2, 0) is 0 Å². The molecule has 0 aromatic heterocycles. The summed E-state index contributed by atoms with van der Waals surface area (Å²) in [6, 6.07) is 7.11. The van der Waals surface area contributed by atoms with Crippen LogP contribution in [0, 0.1) is 17.1 Å². The zero-order chi connectivity index (χ0) is 13.0. The van der Waals surface area contributed by atoms with E-state index >= 15 is 0 Å². The van der Waals surface area contributed by atoms with Crippen LogP contribution in [0.15, 0.2) is 18.2 Å². The van der Waals surface area contributed by atoms with Gasteiger partial charge in [0.15, 0.2) is 0 Å². The maximum absolute atomic E-state index is 13.0. The van der Waals surface area contributed by atoms with Crippen LogP contribution < -0.4 is 10.6 Å². The number of anilines is 1. The Morgan fingerprint density at radius 2 is 2.44 bits per heavy atom. The van der Waals surface area contributed by atoms with Gasteiger partial charge in [-0.25, -0.2) is 4.39 Å². The first kappa shape index (κ1) is 12.8. The highest BCUT2D eigenvalue weighted by molar-refractivity contribution is 5.57. The van der Waals surface area contributed by atoms with E-state index in [1.165, 1.54) is 25.0 Å². The highest BCUT2D eigenvalue weighted by Gasteiger charge is 2.17. The summed E-state index contributed by atoms with van der Waals surface area (Å²) in [4.78, 5) is 0. The molecule has 18 heavy (non-hydrogen) atoms. The van der Waals surface area contributed by atoms with Crippen LogP contribution in [0.1, 0.15) is 31.7 Å². The lowest BCUT2D eigenvalue weighted by atomic mass is 10.1. The SMILES string of the molecule is CC(CC1CCCN1)Nc1ccc(F)cc1C#N. The molecular formula is C14H18FN3. The highest BCUT2D eigenvalue weighted by Crippen LogP contribution is 2.19. The third kappa shape index (κ3) is 3.21. The van der Waals surface area contributed by atoms with Crippen molar-refractivity contribution in [3.63, 3.8) is 0 Å². The second kappa shape index (κ2) is 5.83. The first-order chi connectivity index (χ1) is 8.69. The molecule has 2 rings (SSSR count). The number of benzene rings is 1. The van der Waals surface area contributed by atoms with Crippen molar-refractivity contribution in [1.82, 2.24) is 5.32 Å². The summed E-state index contributed by atoms with van der Waals surface area (Å²) in [7, 11) is 0. The van der Waals surface area contributed by atoms with Crippen LogP contribution in [0.25, 0.3) is 0 Å². The Morgan fingerprint density at radius 1 is 1.61 bits per heavy atom. The standard InChI is InChI=1S/C14H18FN3/c1-10(7-13-3-2-6-17-13)18-14-5-4-12(15)8-11(14)9-16/h4-5,8,10,13,17-18H,2-3,6-7H2,1H3.